The third kappa shape index (κ3) is 2.44. The summed E-state index contributed by atoms with van der Waals surface area (Å²) in [4.78, 5) is -0.349. The summed E-state index contributed by atoms with van der Waals surface area (Å²) in [6, 6.07) is 2.39. The number of halogens is 3. The first-order chi connectivity index (χ1) is 6.56. The topological polar surface area (TPSA) is 9.23 Å². The molecule has 1 unspecified atom stereocenters. The Labute approximate surface area is 90.2 Å². The number of hydrogen-bond acceptors (Lipinski definition) is 1. The van der Waals surface area contributed by atoms with Crippen LogP contribution in [0.5, 0.6) is 5.75 Å². The first kappa shape index (κ1) is 11.4. The molecule has 0 radical (unpaired) electrons. The second kappa shape index (κ2) is 4.73. The first-order valence-corrected chi connectivity index (χ1v) is 5.23. The number of ether oxygens (including phenoxy) is 1. The van der Waals surface area contributed by atoms with Crippen molar-refractivity contribution in [2.45, 2.75) is 18.7 Å². The monoisotopic (exact) mass is 264 g/mol. The van der Waals surface area contributed by atoms with Crippen LogP contribution in [0.15, 0.2) is 12.1 Å². The lowest BCUT2D eigenvalue weighted by molar-refractivity contribution is 0.335. The Morgan fingerprint density at radius 2 is 1.86 bits per heavy atom. The van der Waals surface area contributed by atoms with E-state index in [1.165, 1.54) is 12.1 Å². The molecule has 0 spiro atoms. The third-order valence-electron chi connectivity index (χ3n) is 1.76. The molecule has 1 aromatic rings. The van der Waals surface area contributed by atoms with Gasteiger partial charge in [-0.25, -0.2) is 8.78 Å². The quantitative estimate of drug-likeness (QED) is 0.755. The molecule has 1 aromatic carbocycles. The van der Waals surface area contributed by atoms with E-state index in [1.54, 1.807) is 13.8 Å². The molecule has 1 rings (SSSR count). The van der Waals surface area contributed by atoms with E-state index in [1.807, 2.05) is 0 Å². The molecule has 0 aromatic heterocycles. The summed E-state index contributed by atoms with van der Waals surface area (Å²) in [5, 5.41) is 0. The maximum absolute atomic E-state index is 13.3. The third-order valence-corrected chi connectivity index (χ3v) is 2.22. The molecule has 1 nitrogen and oxygen atoms in total. The van der Waals surface area contributed by atoms with Crippen molar-refractivity contribution in [1.82, 2.24) is 0 Å². The summed E-state index contributed by atoms with van der Waals surface area (Å²) in [5.74, 6) is -0.949. The molecule has 0 saturated carbocycles. The zero-order chi connectivity index (χ0) is 10.7. The van der Waals surface area contributed by atoms with Gasteiger partial charge in [-0.3, -0.25) is 0 Å². The van der Waals surface area contributed by atoms with Crippen molar-refractivity contribution in [2.24, 2.45) is 0 Å². The number of benzene rings is 1. The average Bonchev–Trinajstić information content (AvgIpc) is 2.01. The van der Waals surface area contributed by atoms with Crippen LogP contribution in [0.1, 0.15) is 24.2 Å². The molecule has 0 N–H and O–H groups in total. The smallest absolute Gasteiger partial charge is 0.134 e. The molecule has 0 bridgehead atoms. The van der Waals surface area contributed by atoms with Gasteiger partial charge in [0.2, 0.25) is 0 Å². The van der Waals surface area contributed by atoms with Crippen molar-refractivity contribution in [3.8, 4) is 5.75 Å². The molecule has 0 aliphatic rings. The van der Waals surface area contributed by atoms with Gasteiger partial charge in [0.25, 0.3) is 0 Å². The van der Waals surface area contributed by atoms with Crippen molar-refractivity contribution in [2.75, 3.05) is 6.61 Å². The second-order valence-electron chi connectivity index (χ2n) is 2.85. The van der Waals surface area contributed by atoms with Crippen LogP contribution in [0.25, 0.3) is 0 Å². The van der Waals surface area contributed by atoms with Crippen LogP contribution < -0.4 is 4.74 Å². The molecular weight excluding hydrogens is 254 g/mol. The van der Waals surface area contributed by atoms with Crippen molar-refractivity contribution in [1.29, 1.82) is 0 Å². The average molecular weight is 265 g/mol. The summed E-state index contributed by atoms with van der Waals surface area (Å²) >= 11 is 3.13. The lowest BCUT2D eigenvalue weighted by atomic mass is 10.1. The van der Waals surface area contributed by atoms with E-state index in [9.17, 15) is 8.78 Å². The highest BCUT2D eigenvalue weighted by Crippen LogP contribution is 2.30. The normalized spacial score (nSPS) is 12.6. The van der Waals surface area contributed by atoms with Gasteiger partial charge in [-0.2, -0.15) is 0 Å². The maximum atomic E-state index is 13.3. The minimum absolute atomic E-state index is 0.0356. The van der Waals surface area contributed by atoms with Crippen LogP contribution in [0.3, 0.4) is 0 Å². The highest BCUT2D eigenvalue weighted by Gasteiger charge is 2.15. The molecule has 0 aliphatic heterocycles. The van der Waals surface area contributed by atoms with E-state index < -0.39 is 11.6 Å². The SMILES string of the molecule is CCOc1cc(F)c(C(C)Br)c(F)c1. The Kier molecular flexibility index (Phi) is 3.86. The molecule has 1 atom stereocenters. The van der Waals surface area contributed by atoms with E-state index in [0.717, 1.165) is 0 Å². The van der Waals surface area contributed by atoms with Crippen molar-refractivity contribution < 1.29 is 13.5 Å². The Balaban J connectivity index is 3.11. The largest absolute Gasteiger partial charge is 0.494 e. The molecule has 14 heavy (non-hydrogen) atoms. The van der Waals surface area contributed by atoms with Crippen LogP contribution in [0.4, 0.5) is 8.78 Å². The zero-order valence-electron chi connectivity index (χ0n) is 7.98. The molecule has 0 saturated heterocycles. The molecular formula is C10H11BrF2O. The van der Waals surface area contributed by atoms with Crippen LogP contribution in [0.2, 0.25) is 0 Å². The van der Waals surface area contributed by atoms with Gasteiger partial charge in [-0.15, -0.1) is 0 Å². The maximum Gasteiger partial charge on any atom is 0.134 e. The molecule has 4 heteroatoms. The van der Waals surface area contributed by atoms with E-state index in [-0.39, 0.29) is 16.1 Å². The summed E-state index contributed by atoms with van der Waals surface area (Å²) < 4.78 is 31.7. The summed E-state index contributed by atoms with van der Waals surface area (Å²) in [5.41, 5.74) is 0.0356. The predicted molar refractivity (Wildman–Crippen MR) is 54.9 cm³/mol. The van der Waals surface area contributed by atoms with E-state index >= 15 is 0 Å². The Hall–Kier alpha value is -0.640. The fraction of sp³-hybridized carbons (Fsp3) is 0.400. The van der Waals surface area contributed by atoms with Crippen LogP contribution in [-0.2, 0) is 0 Å². The lowest BCUT2D eigenvalue weighted by Crippen LogP contribution is -1.99. The van der Waals surface area contributed by atoms with Crippen molar-refractivity contribution >= 4 is 15.9 Å². The molecule has 0 amide bonds. The van der Waals surface area contributed by atoms with Crippen LogP contribution in [0, 0.1) is 11.6 Å². The van der Waals surface area contributed by atoms with E-state index in [0.29, 0.717) is 6.61 Å². The number of hydrogen-bond donors (Lipinski definition) is 0. The van der Waals surface area contributed by atoms with Gasteiger partial charge < -0.3 is 4.74 Å². The fourth-order valence-electron chi connectivity index (χ4n) is 1.19. The molecule has 0 fully saturated rings. The van der Waals surface area contributed by atoms with Gasteiger partial charge >= 0.3 is 0 Å². The number of rotatable bonds is 3. The highest BCUT2D eigenvalue weighted by molar-refractivity contribution is 9.09. The van der Waals surface area contributed by atoms with Gasteiger partial charge in [0.05, 0.1) is 6.61 Å². The van der Waals surface area contributed by atoms with Gasteiger partial charge in [0.1, 0.15) is 17.4 Å². The Morgan fingerprint density at radius 3 is 2.21 bits per heavy atom. The standard InChI is InChI=1S/C10H11BrF2O/c1-3-14-7-4-8(12)10(6(2)11)9(13)5-7/h4-6H,3H2,1-2H3. The predicted octanol–water partition coefficient (Wildman–Crippen LogP) is 3.82. The second-order valence-corrected chi connectivity index (χ2v) is 4.22. The lowest BCUT2D eigenvalue weighted by Gasteiger charge is -2.09. The highest BCUT2D eigenvalue weighted by atomic mass is 79.9. The molecule has 0 heterocycles. The van der Waals surface area contributed by atoms with Gasteiger partial charge in [0.15, 0.2) is 0 Å². The van der Waals surface area contributed by atoms with E-state index in [2.05, 4.69) is 15.9 Å². The van der Waals surface area contributed by atoms with Crippen molar-refractivity contribution in [3.63, 3.8) is 0 Å². The van der Waals surface area contributed by atoms with Crippen LogP contribution >= 0.6 is 15.9 Å². The minimum atomic E-state index is -0.585. The summed E-state index contributed by atoms with van der Waals surface area (Å²) in [7, 11) is 0. The summed E-state index contributed by atoms with van der Waals surface area (Å²) in [6.07, 6.45) is 0. The van der Waals surface area contributed by atoms with Gasteiger partial charge in [-0.05, 0) is 13.8 Å². The minimum Gasteiger partial charge on any atom is -0.494 e. The van der Waals surface area contributed by atoms with Crippen molar-refractivity contribution in [3.05, 3.63) is 29.3 Å². The molecule has 78 valence electrons. The number of alkyl halides is 1. The van der Waals surface area contributed by atoms with Crippen LogP contribution in [-0.4, -0.2) is 6.61 Å². The first-order valence-electron chi connectivity index (χ1n) is 4.32. The fourth-order valence-corrected chi connectivity index (χ4v) is 1.63. The van der Waals surface area contributed by atoms with Gasteiger partial charge in [0, 0.05) is 22.5 Å². The molecule has 0 aliphatic carbocycles. The summed E-state index contributed by atoms with van der Waals surface area (Å²) in [6.45, 7) is 3.82. The van der Waals surface area contributed by atoms with E-state index in [4.69, 9.17) is 4.74 Å². The zero-order valence-corrected chi connectivity index (χ0v) is 9.57. The van der Waals surface area contributed by atoms with Gasteiger partial charge in [-0.1, -0.05) is 15.9 Å². The Morgan fingerprint density at radius 1 is 1.36 bits per heavy atom. The Bertz CT molecular complexity index is 303.